The van der Waals surface area contributed by atoms with E-state index in [1.165, 1.54) is 27.1 Å². The number of hydrogen-bond donors (Lipinski definition) is 1. The third kappa shape index (κ3) is 4.63. The number of thiophene rings is 1. The van der Waals surface area contributed by atoms with Crippen molar-refractivity contribution in [3.8, 4) is 11.1 Å². The van der Waals surface area contributed by atoms with Crippen molar-refractivity contribution < 1.29 is 18.8 Å². The summed E-state index contributed by atoms with van der Waals surface area (Å²) < 4.78 is 18.3. The standard InChI is InChI=1S/C29H32BNO4S/c1-19-20(14-15-36-19)16-21(30-34-28(2,3)29(4,5)35-30)17-31-27(32)33-18-26-24-12-8-6-10-22(24)23-11-7-9-13-25(23)26/h6-16,26H,17-18H2,1-5H3,(H,31,32). The van der Waals surface area contributed by atoms with E-state index >= 15 is 0 Å². The third-order valence-corrected chi connectivity index (χ3v) is 8.44. The van der Waals surface area contributed by atoms with Gasteiger partial charge in [-0.3, -0.25) is 0 Å². The van der Waals surface area contributed by atoms with Crippen LogP contribution in [-0.2, 0) is 14.0 Å². The molecule has 0 unspecified atom stereocenters. The van der Waals surface area contributed by atoms with Gasteiger partial charge in [0.15, 0.2) is 0 Å². The SMILES string of the molecule is Cc1sccc1C=C(CNC(=O)OCC1c2ccccc2-c2ccccc21)B1OC(C)(C)C(C)(C)O1. The molecule has 1 aromatic heterocycles. The van der Waals surface area contributed by atoms with Crippen LogP contribution in [0.15, 0.2) is 65.4 Å². The molecule has 0 bridgehead atoms. The molecule has 36 heavy (non-hydrogen) atoms. The average Bonchev–Trinajstić information content (AvgIpc) is 3.46. The van der Waals surface area contributed by atoms with Crippen molar-refractivity contribution in [2.75, 3.05) is 13.2 Å². The molecule has 5 rings (SSSR count). The maximum absolute atomic E-state index is 12.8. The van der Waals surface area contributed by atoms with Crippen LogP contribution in [0.4, 0.5) is 4.79 Å². The number of fused-ring (bicyclic) bond motifs is 3. The number of benzene rings is 2. The lowest BCUT2D eigenvalue weighted by Gasteiger charge is -2.32. The van der Waals surface area contributed by atoms with Crippen LogP contribution in [0.1, 0.15) is 55.2 Å². The second kappa shape index (κ2) is 9.54. The average molecular weight is 501 g/mol. The van der Waals surface area contributed by atoms with Gasteiger partial charge >= 0.3 is 13.2 Å². The largest absolute Gasteiger partial charge is 0.492 e. The van der Waals surface area contributed by atoms with E-state index in [1.807, 2.05) is 52.0 Å². The Balaban J connectivity index is 1.28. The molecular weight excluding hydrogens is 469 g/mol. The summed E-state index contributed by atoms with van der Waals surface area (Å²) in [5, 5.41) is 4.99. The van der Waals surface area contributed by atoms with E-state index in [-0.39, 0.29) is 19.1 Å². The number of hydrogen-bond acceptors (Lipinski definition) is 5. The summed E-state index contributed by atoms with van der Waals surface area (Å²) in [5.41, 5.74) is 5.81. The van der Waals surface area contributed by atoms with Crippen molar-refractivity contribution >= 4 is 30.6 Å². The number of carbonyl (C=O) groups excluding carboxylic acids is 1. The van der Waals surface area contributed by atoms with Gasteiger partial charge < -0.3 is 19.4 Å². The smallest absolute Gasteiger partial charge is 0.449 e. The van der Waals surface area contributed by atoms with Gasteiger partial charge in [0.2, 0.25) is 0 Å². The van der Waals surface area contributed by atoms with E-state index in [4.69, 9.17) is 14.0 Å². The summed E-state index contributed by atoms with van der Waals surface area (Å²) in [7, 11) is -0.553. The zero-order valence-electron chi connectivity index (χ0n) is 21.5. The lowest BCUT2D eigenvalue weighted by molar-refractivity contribution is 0.00578. The molecule has 1 amide bonds. The lowest BCUT2D eigenvalue weighted by atomic mass is 9.77. The maximum Gasteiger partial charge on any atom is 0.492 e. The Kier molecular flexibility index (Phi) is 6.58. The molecule has 0 radical (unpaired) electrons. The summed E-state index contributed by atoms with van der Waals surface area (Å²) in [6.07, 6.45) is 1.60. The summed E-state index contributed by atoms with van der Waals surface area (Å²) in [6.45, 7) is 10.7. The highest BCUT2D eigenvalue weighted by atomic mass is 32.1. The summed E-state index contributed by atoms with van der Waals surface area (Å²) >= 11 is 1.69. The molecule has 1 aliphatic carbocycles. The van der Waals surface area contributed by atoms with Crippen LogP contribution in [-0.4, -0.2) is 37.6 Å². The molecule has 1 N–H and O–H groups in total. The fraction of sp³-hybridized carbons (Fsp3) is 0.345. The van der Waals surface area contributed by atoms with E-state index < -0.39 is 24.4 Å². The molecule has 2 heterocycles. The van der Waals surface area contributed by atoms with Crippen molar-refractivity contribution in [2.24, 2.45) is 0 Å². The normalized spacial score (nSPS) is 18.1. The van der Waals surface area contributed by atoms with Crippen LogP contribution in [0.5, 0.6) is 0 Å². The molecule has 3 aromatic rings. The van der Waals surface area contributed by atoms with Gasteiger partial charge in [0, 0.05) is 17.3 Å². The van der Waals surface area contributed by atoms with Crippen molar-refractivity contribution in [1.29, 1.82) is 0 Å². The van der Waals surface area contributed by atoms with Gasteiger partial charge in [-0.1, -0.05) is 54.6 Å². The number of amides is 1. The molecule has 1 fully saturated rings. The first kappa shape index (κ1) is 24.8. The van der Waals surface area contributed by atoms with Gasteiger partial charge in [-0.25, -0.2) is 4.79 Å². The molecule has 1 aliphatic heterocycles. The number of aryl methyl sites for hydroxylation is 1. The van der Waals surface area contributed by atoms with Gasteiger partial charge in [0.25, 0.3) is 0 Å². The molecule has 5 nitrogen and oxygen atoms in total. The van der Waals surface area contributed by atoms with Crippen molar-refractivity contribution in [1.82, 2.24) is 5.32 Å². The van der Waals surface area contributed by atoms with Gasteiger partial charge in [0.05, 0.1) is 11.2 Å². The molecule has 2 aliphatic rings. The molecule has 0 saturated carbocycles. The Bertz CT molecular complexity index is 1250. The number of ether oxygens (including phenoxy) is 1. The second-order valence-corrected chi connectivity index (χ2v) is 11.5. The van der Waals surface area contributed by atoms with Crippen LogP contribution < -0.4 is 5.32 Å². The van der Waals surface area contributed by atoms with Crippen LogP contribution >= 0.6 is 11.3 Å². The molecule has 0 atom stereocenters. The summed E-state index contributed by atoms with van der Waals surface area (Å²) in [6, 6.07) is 18.7. The lowest BCUT2D eigenvalue weighted by Crippen LogP contribution is -2.41. The van der Waals surface area contributed by atoms with E-state index in [0.29, 0.717) is 0 Å². The van der Waals surface area contributed by atoms with Crippen molar-refractivity contribution in [3.05, 3.63) is 87.0 Å². The maximum atomic E-state index is 12.8. The first-order valence-electron chi connectivity index (χ1n) is 12.4. The monoisotopic (exact) mass is 501 g/mol. The van der Waals surface area contributed by atoms with E-state index in [2.05, 4.69) is 54.0 Å². The molecule has 7 heteroatoms. The number of nitrogens with one attached hydrogen (secondary N) is 1. The molecule has 1 saturated heterocycles. The summed E-state index contributed by atoms with van der Waals surface area (Å²) in [4.78, 5) is 14.0. The van der Waals surface area contributed by atoms with Crippen LogP contribution in [0.25, 0.3) is 17.2 Å². The Morgan fingerprint density at radius 3 is 2.14 bits per heavy atom. The first-order chi connectivity index (χ1) is 17.2. The Morgan fingerprint density at radius 2 is 1.58 bits per heavy atom. The topological polar surface area (TPSA) is 56.8 Å². The third-order valence-electron chi connectivity index (χ3n) is 7.58. The quantitative estimate of drug-likeness (QED) is 0.386. The van der Waals surface area contributed by atoms with E-state index in [0.717, 1.165) is 11.0 Å². The zero-order valence-corrected chi connectivity index (χ0v) is 22.3. The number of carbonyl (C=O) groups is 1. The predicted molar refractivity (Wildman–Crippen MR) is 146 cm³/mol. The van der Waals surface area contributed by atoms with Crippen LogP contribution in [0, 0.1) is 6.92 Å². The van der Waals surface area contributed by atoms with Gasteiger partial charge in [-0.2, -0.15) is 0 Å². The molecule has 2 aromatic carbocycles. The summed E-state index contributed by atoms with van der Waals surface area (Å²) in [5.74, 6) is 0.0229. The van der Waals surface area contributed by atoms with Crippen LogP contribution in [0.2, 0.25) is 0 Å². The second-order valence-electron chi connectivity index (χ2n) is 10.4. The minimum Gasteiger partial charge on any atom is -0.449 e. The fourth-order valence-electron chi connectivity index (χ4n) is 4.76. The molecular formula is C29H32BNO4S. The predicted octanol–water partition coefficient (Wildman–Crippen LogP) is 6.61. The van der Waals surface area contributed by atoms with Gasteiger partial charge in [0.1, 0.15) is 6.61 Å². The number of rotatable bonds is 6. The fourth-order valence-corrected chi connectivity index (χ4v) is 5.45. The highest BCUT2D eigenvalue weighted by Gasteiger charge is 2.52. The van der Waals surface area contributed by atoms with E-state index in [9.17, 15) is 4.79 Å². The van der Waals surface area contributed by atoms with Crippen molar-refractivity contribution in [2.45, 2.75) is 51.7 Å². The van der Waals surface area contributed by atoms with Crippen LogP contribution in [0.3, 0.4) is 0 Å². The minimum absolute atomic E-state index is 0.0229. The highest BCUT2D eigenvalue weighted by Crippen LogP contribution is 2.44. The first-order valence-corrected chi connectivity index (χ1v) is 13.2. The number of alkyl carbamates (subject to hydrolysis) is 1. The zero-order chi connectivity index (χ0) is 25.5. The van der Waals surface area contributed by atoms with Gasteiger partial charge in [-0.15, -0.1) is 11.3 Å². The molecule has 186 valence electrons. The highest BCUT2D eigenvalue weighted by molar-refractivity contribution is 7.10. The molecule has 0 spiro atoms. The van der Waals surface area contributed by atoms with Gasteiger partial charge in [-0.05, 0) is 79.4 Å². The Morgan fingerprint density at radius 1 is 1.00 bits per heavy atom. The minimum atomic E-state index is -0.553. The van der Waals surface area contributed by atoms with Crippen molar-refractivity contribution in [3.63, 3.8) is 0 Å². The Labute approximate surface area is 217 Å². The Hall–Kier alpha value is -2.87. The van der Waals surface area contributed by atoms with E-state index in [1.54, 1.807) is 11.3 Å².